The standard InChI is InChI=1S/C20H21BrN4O3/c1-22-18-17(19(27)23-2)25(11-13-5-3-7-15(21)9-13)20(24-18)28-16-8-4-6-14(10-16)12-26/h3-10,22,26H,11-12H2,1-2H3,(H,23,27). The summed E-state index contributed by atoms with van der Waals surface area (Å²) in [5.41, 5.74) is 2.08. The van der Waals surface area contributed by atoms with E-state index < -0.39 is 0 Å². The van der Waals surface area contributed by atoms with Crippen molar-refractivity contribution in [2.24, 2.45) is 0 Å². The molecule has 0 saturated carbocycles. The van der Waals surface area contributed by atoms with Gasteiger partial charge in [0, 0.05) is 18.6 Å². The molecule has 3 N–H and O–H groups in total. The third-order valence-electron chi connectivity index (χ3n) is 4.13. The highest BCUT2D eigenvalue weighted by molar-refractivity contribution is 9.10. The predicted molar refractivity (Wildman–Crippen MR) is 111 cm³/mol. The number of ether oxygens (including phenoxy) is 1. The first-order chi connectivity index (χ1) is 13.5. The number of nitrogens with zero attached hydrogens (tertiary/aromatic N) is 2. The van der Waals surface area contributed by atoms with Gasteiger partial charge >= 0.3 is 6.01 Å². The summed E-state index contributed by atoms with van der Waals surface area (Å²) in [4.78, 5) is 17.0. The van der Waals surface area contributed by atoms with Gasteiger partial charge in [-0.25, -0.2) is 0 Å². The maximum absolute atomic E-state index is 12.5. The highest BCUT2D eigenvalue weighted by Gasteiger charge is 2.23. The molecule has 3 aromatic rings. The minimum atomic E-state index is -0.272. The zero-order chi connectivity index (χ0) is 20.1. The Morgan fingerprint density at radius 3 is 2.61 bits per heavy atom. The second kappa shape index (κ2) is 8.90. The Kier molecular flexibility index (Phi) is 6.33. The van der Waals surface area contributed by atoms with E-state index in [0.717, 1.165) is 15.6 Å². The number of rotatable bonds is 7. The van der Waals surface area contributed by atoms with Crippen LogP contribution in [0.3, 0.4) is 0 Å². The summed E-state index contributed by atoms with van der Waals surface area (Å²) in [5.74, 6) is 0.673. The predicted octanol–water partition coefficient (Wildman–Crippen LogP) is 3.38. The van der Waals surface area contributed by atoms with Gasteiger partial charge in [-0.1, -0.05) is 40.2 Å². The van der Waals surface area contributed by atoms with E-state index in [2.05, 4.69) is 31.5 Å². The van der Waals surface area contributed by atoms with Gasteiger partial charge in [-0.2, -0.15) is 4.98 Å². The summed E-state index contributed by atoms with van der Waals surface area (Å²) in [5, 5.41) is 15.0. The van der Waals surface area contributed by atoms with Gasteiger partial charge in [-0.15, -0.1) is 0 Å². The van der Waals surface area contributed by atoms with Crippen molar-refractivity contribution in [2.45, 2.75) is 13.2 Å². The highest BCUT2D eigenvalue weighted by Crippen LogP contribution is 2.29. The lowest BCUT2D eigenvalue weighted by molar-refractivity contribution is 0.0954. The third-order valence-corrected chi connectivity index (χ3v) is 4.62. The molecule has 0 spiro atoms. The van der Waals surface area contributed by atoms with Crippen LogP contribution in [0.5, 0.6) is 11.8 Å². The molecule has 146 valence electrons. The lowest BCUT2D eigenvalue weighted by Crippen LogP contribution is -2.23. The Balaban J connectivity index is 2.07. The van der Waals surface area contributed by atoms with E-state index in [9.17, 15) is 9.90 Å². The highest BCUT2D eigenvalue weighted by atomic mass is 79.9. The number of hydrogen-bond donors (Lipinski definition) is 3. The first-order valence-corrected chi connectivity index (χ1v) is 9.47. The van der Waals surface area contributed by atoms with Crippen LogP contribution in [0, 0.1) is 0 Å². The fraction of sp³-hybridized carbons (Fsp3) is 0.200. The van der Waals surface area contributed by atoms with Crippen LogP contribution in [0.4, 0.5) is 5.82 Å². The first kappa shape index (κ1) is 19.9. The number of amides is 1. The topological polar surface area (TPSA) is 88.4 Å². The third kappa shape index (κ3) is 4.35. The van der Waals surface area contributed by atoms with Crippen LogP contribution >= 0.6 is 15.9 Å². The largest absolute Gasteiger partial charge is 0.425 e. The summed E-state index contributed by atoms with van der Waals surface area (Å²) in [6.07, 6.45) is 0. The molecule has 0 unspecified atom stereocenters. The van der Waals surface area contributed by atoms with Gasteiger partial charge in [0.25, 0.3) is 5.91 Å². The molecule has 1 amide bonds. The van der Waals surface area contributed by atoms with E-state index in [1.54, 1.807) is 42.9 Å². The Morgan fingerprint density at radius 1 is 1.18 bits per heavy atom. The summed E-state index contributed by atoms with van der Waals surface area (Å²) in [6, 6.07) is 15.2. The number of aromatic nitrogens is 2. The van der Waals surface area contributed by atoms with Crippen molar-refractivity contribution >= 4 is 27.7 Å². The normalized spacial score (nSPS) is 10.6. The Labute approximate surface area is 171 Å². The number of carbonyl (C=O) groups excluding carboxylic acids is 1. The van der Waals surface area contributed by atoms with E-state index in [0.29, 0.717) is 23.8 Å². The molecular formula is C20H21BrN4O3. The average molecular weight is 445 g/mol. The van der Waals surface area contributed by atoms with E-state index in [1.807, 2.05) is 24.3 Å². The van der Waals surface area contributed by atoms with Gasteiger partial charge in [0.15, 0.2) is 11.5 Å². The number of nitrogens with one attached hydrogen (secondary N) is 2. The molecule has 0 aliphatic rings. The van der Waals surface area contributed by atoms with E-state index in [4.69, 9.17) is 4.74 Å². The molecule has 0 radical (unpaired) electrons. The van der Waals surface area contributed by atoms with Crippen molar-refractivity contribution in [3.8, 4) is 11.8 Å². The van der Waals surface area contributed by atoms with Crippen molar-refractivity contribution < 1.29 is 14.6 Å². The van der Waals surface area contributed by atoms with Crippen LogP contribution in [0.25, 0.3) is 0 Å². The summed E-state index contributed by atoms with van der Waals surface area (Å²) in [7, 11) is 3.28. The number of aliphatic hydroxyl groups is 1. The summed E-state index contributed by atoms with van der Waals surface area (Å²) < 4.78 is 8.64. The van der Waals surface area contributed by atoms with Gasteiger partial charge in [-0.05, 0) is 35.4 Å². The van der Waals surface area contributed by atoms with Gasteiger partial charge in [-0.3, -0.25) is 9.36 Å². The first-order valence-electron chi connectivity index (χ1n) is 8.68. The molecule has 1 heterocycles. The molecule has 7 nitrogen and oxygen atoms in total. The molecule has 0 bridgehead atoms. The smallest absolute Gasteiger partial charge is 0.304 e. The molecule has 0 aliphatic carbocycles. The maximum atomic E-state index is 12.5. The fourth-order valence-electron chi connectivity index (χ4n) is 2.81. The lowest BCUT2D eigenvalue weighted by atomic mass is 10.2. The SMILES string of the molecule is CNC(=O)c1c(NC)nc(Oc2cccc(CO)c2)n1Cc1cccc(Br)c1. The molecular weight excluding hydrogens is 424 g/mol. The Morgan fingerprint density at radius 2 is 1.93 bits per heavy atom. The molecule has 0 atom stereocenters. The lowest BCUT2D eigenvalue weighted by Gasteiger charge is -2.12. The van der Waals surface area contributed by atoms with Crippen LogP contribution in [0.2, 0.25) is 0 Å². The molecule has 0 aliphatic heterocycles. The van der Waals surface area contributed by atoms with Gasteiger partial charge in [0.05, 0.1) is 13.2 Å². The van der Waals surface area contributed by atoms with Gasteiger partial charge in [0.2, 0.25) is 0 Å². The molecule has 3 rings (SSSR count). The van der Waals surface area contributed by atoms with Crippen LogP contribution in [-0.2, 0) is 13.2 Å². The number of benzene rings is 2. The number of aliphatic hydroxyl groups excluding tert-OH is 1. The van der Waals surface area contributed by atoms with Crippen molar-refractivity contribution in [3.05, 3.63) is 69.8 Å². The quantitative estimate of drug-likeness (QED) is 0.519. The number of imidazole rings is 1. The zero-order valence-corrected chi connectivity index (χ0v) is 17.2. The molecule has 0 saturated heterocycles. The summed E-state index contributed by atoms with van der Waals surface area (Å²) in [6.45, 7) is 0.306. The van der Waals surface area contributed by atoms with Crippen LogP contribution in [0.15, 0.2) is 53.0 Å². The van der Waals surface area contributed by atoms with E-state index in [1.165, 1.54) is 0 Å². The van der Waals surface area contributed by atoms with Crippen LogP contribution in [0.1, 0.15) is 21.6 Å². The minimum absolute atomic E-state index is 0.0884. The Hall–Kier alpha value is -2.84. The second-order valence-corrected chi connectivity index (χ2v) is 6.96. The minimum Gasteiger partial charge on any atom is -0.425 e. The van der Waals surface area contributed by atoms with Crippen molar-refractivity contribution in [1.82, 2.24) is 14.9 Å². The molecule has 28 heavy (non-hydrogen) atoms. The van der Waals surface area contributed by atoms with E-state index >= 15 is 0 Å². The van der Waals surface area contributed by atoms with Crippen LogP contribution in [-0.4, -0.2) is 34.7 Å². The van der Waals surface area contributed by atoms with E-state index in [-0.39, 0.29) is 18.5 Å². The van der Waals surface area contributed by atoms with Crippen LogP contribution < -0.4 is 15.4 Å². The summed E-state index contributed by atoms with van der Waals surface area (Å²) >= 11 is 3.47. The zero-order valence-electron chi connectivity index (χ0n) is 15.6. The monoisotopic (exact) mass is 444 g/mol. The molecule has 0 fully saturated rings. The molecule has 8 heteroatoms. The average Bonchev–Trinajstić information content (AvgIpc) is 3.04. The van der Waals surface area contributed by atoms with Gasteiger partial charge in [0.1, 0.15) is 5.75 Å². The number of hydrogen-bond acceptors (Lipinski definition) is 5. The maximum Gasteiger partial charge on any atom is 0.304 e. The number of halogens is 1. The van der Waals surface area contributed by atoms with Crippen molar-refractivity contribution in [2.75, 3.05) is 19.4 Å². The van der Waals surface area contributed by atoms with Crippen molar-refractivity contribution in [1.29, 1.82) is 0 Å². The fourth-order valence-corrected chi connectivity index (χ4v) is 3.26. The number of anilines is 1. The second-order valence-electron chi connectivity index (χ2n) is 6.04. The van der Waals surface area contributed by atoms with Crippen molar-refractivity contribution in [3.63, 3.8) is 0 Å². The molecule has 2 aromatic carbocycles. The molecule has 1 aromatic heterocycles. The number of carbonyl (C=O) groups is 1. The Bertz CT molecular complexity index is 987. The van der Waals surface area contributed by atoms with Gasteiger partial charge < -0.3 is 20.5 Å².